The predicted octanol–water partition coefficient (Wildman–Crippen LogP) is 3.10. The average Bonchev–Trinajstić information content (AvgIpc) is 2.65. The summed E-state index contributed by atoms with van der Waals surface area (Å²) in [4.78, 5) is 48.9. The van der Waals surface area contributed by atoms with Crippen molar-refractivity contribution in [2.45, 2.75) is 91.3 Å². The molecular formula is C20H34O8. The Kier molecular flexibility index (Phi) is 14.7. The van der Waals surface area contributed by atoms with Gasteiger partial charge in [-0.15, -0.1) is 0 Å². The van der Waals surface area contributed by atoms with Crippen LogP contribution in [0.4, 0.5) is 0 Å². The van der Waals surface area contributed by atoms with Gasteiger partial charge in [-0.05, 0) is 25.7 Å². The van der Waals surface area contributed by atoms with Gasteiger partial charge >= 0.3 is 23.9 Å². The van der Waals surface area contributed by atoms with Crippen molar-refractivity contribution in [2.75, 3.05) is 13.2 Å². The highest BCUT2D eigenvalue weighted by molar-refractivity contribution is 5.89. The van der Waals surface area contributed by atoms with Gasteiger partial charge in [-0.25, -0.2) is 9.59 Å². The summed E-state index contributed by atoms with van der Waals surface area (Å²) in [7, 11) is 0. The van der Waals surface area contributed by atoms with Gasteiger partial charge in [-0.1, -0.05) is 40.5 Å². The third kappa shape index (κ3) is 10.9. The van der Waals surface area contributed by atoms with Gasteiger partial charge in [0.1, 0.15) is 0 Å². The molecule has 28 heavy (non-hydrogen) atoms. The number of esters is 4. The molecule has 0 heterocycles. The fourth-order valence-corrected chi connectivity index (χ4v) is 2.07. The van der Waals surface area contributed by atoms with Gasteiger partial charge < -0.3 is 18.9 Å². The smallest absolute Gasteiger partial charge is 0.352 e. The maximum atomic E-state index is 12.5. The SMILES string of the molecule is CCCCOC(=O)C(OC(=O)CCC)C(OC(=O)CCC)C(=O)OCCCC. The van der Waals surface area contributed by atoms with Crippen molar-refractivity contribution in [3.05, 3.63) is 0 Å². The van der Waals surface area contributed by atoms with Crippen LogP contribution in [-0.2, 0) is 38.1 Å². The summed E-state index contributed by atoms with van der Waals surface area (Å²) in [5.74, 6) is -3.23. The Morgan fingerprint density at radius 3 is 1.25 bits per heavy atom. The molecule has 0 rings (SSSR count). The van der Waals surface area contributed by atoms with Gasteiger partial charge in [-0.2, -0.15) is 0 Å². The first-order chi connectivity index (χ1) is 13.4. The molecule has 8 nitrogen and oxygen atoms in total. The number of unbranched alkanes of at least 4 members (excludes halogenated alkanes) is 2. The molecule has 2 unspecified atom stereocenters. The zero-order valence-corrected chi connectivity index (χ0v) is 17.5. The van der Waals surface area contributed by atoms with E-state index < -0.39 is 36.1 Å². The molecule has 0 N–H and O–H groups in total. The van der Waals surface area contributed by atoms with Crippen LogP contribution in [0, 0.1) is 0 Å². The van der Waals surface area contributed by atoms with Crippen LogP contribution >= 0.6 is 0 Å². The first kappa shape index (κ1) is 25.9. The van der Waals surface area contributed by atoms with E-state index in [4.69, 9.17) is 18.9 Å². The zero-order chi connectivity index (χ0) is 21.4. The second kappa shape index (κ2) is 15.9. The predicted molar refractivity (Wildman–Crippen MR) is 101 cm³/mol. The lowest BCUT2D eigenvalue weighted by molar-refractivity contribution is -0.192. The van der Waals surface area contributed by atoms with Crippen molar-refractivity contribution in [3.8, 4) is 0 Å². The van der Waals surface area contributed by atoms with Crippen molar-refractivity contribution >= 4 is 23.9 Å². The van der Waals surface area contributed by atoms with Crippen LogP contribution in [0.3, 0.4) is 0 Å². The summed E-state index contributed by atoms with van der Waals surface area (Å²) < 4.78 is 20.5. The van der Waals surface area contributed by atoms with E-state index in [0.29, 0.717) is 25.7 Å². The van der Waals surface area contributed by atoms with E-state index in [1.54, 1.807) is 13.8 Å². The second-order valence-corrected chi connectivity index (χ2v) is 6.36. The van der Waals surface area contributed by atoms with Crippen molar-refractivity contribution in [3.63, 3.8) is 0 Å². The van der Waals surface area contributed by atoms with E-state index in [0.717, 1.165) is 12.8 Å². The van der Waals surface area contributed by atoms with Crippen LogP contribution < -0.4 is 0 Å². The third-order valence-corrected chi connectivity index (χ3v) is 3.65. The van der Waals surface area contributed by atoms with Gasteiger partial charge in [0.05, 0.1) is 13.2 Å². The Morgan fingerprint density at radius 2 is 0.964 bits per heavy atom. The van der Waals surface area contributed by atoms with Gasteiger partial charge in [0.2, 0.25) is 12.2 Å². The molecule has 0 spiro atoms. The van der Waals surface area contributed by atoms with Crippen LogP contribution in [0.15, 0.2) is 0 Å². The van der Waals surface area contributed by atoms with E-state index in [2.05, 4.69) is 0 Å². The third-order valence-electron chi connectivity index (χ3n) is 3.65. The molecule has 0 aliphatic carbocycles. The van der Waals surface area contributed by atoms with Crippen molar-refractivity contribution in [1.82, 2.24) is 0 Å². The van der Waals surface area contributed by atoms with Gasteiger partial charge in [0.15, 0.2) is 0 Å². The summed E-state index contributed by atoms with van der Waals surface area (Å²) >= 11 is 0. The van der Waals surface area contributed by atoms with Crippen LogP contribution in [0.5, 0.6) is 0 Å². The Labute approximate surface area is 167 Å². The summed E-state index contributed by atoms with van der Waals surface area (Å²) in [6.07, 6.45) is 0.541. The first-order valence-corrected chi connectivity index (χ1v) is 10.1. The number of ether oxygens (including phenoxy) is 4. The molecule has 0 radical (unpaired) electrons. The van der Waals surface area contributed by atoms with E-state index in [1.165, 1.54) is 0 Å². The molecule has 0 aliphatic heterocycles. The molecule has 0 amide bonds. The van der Waals surface area contributed by atoms with Gasteiger partial charge in [0, 0.05) is 12.8 Å². The Balaban J connectivity index is 5.47. The summed E-state index contributed by atoms with van der Waals surface area (Å²) in [5.41, 5.74) is 0. The topological polar surface area (TPSA) is 105 Å². The number of carbonyl (C=O) groups excluding carboxylic acids is 4. The van der Waals surface area contributed by atoms with Crippen LogP contribution in [0.25, 0.3) is 0 Å². The Morgan fingerprint density at radius 1 is 0.607 bits per heavy atom. The molecule has 0 fully saturated rings. The number of rotatable bonds is 15. The molecule has 0 saturated carbocycles. The lowest BCUT2D eigenvalue weighted by atomic mass is 10.2. The molecule has 2 atom stereocenters. The minimum atomic E-state index is -1.69. The van der Waals surface area contributed by atoms with E-state index in [-0.39, 0.29) is 26.1 Å². The maximum Gasteiger partial charge on any atom is 0.352 e. The summed E-state index contributed by atoms with van der Waals surface area (Å²) in [6, 6.07) is 0. The van der Waals surface area contributed by atoms with E-state index in [9.17, 15) is 19.2 Å². The molecule has 0 aromatic heterocycles. The fraction of sp³-hybridized carbons (Fsp3) is 0.800. The summed E-state index contributed by atoms with van der Waals surface area (Å²) in [6.45, 7) is 7.61. The number of hydrogen-bond donors (Lipinski definition) is 0. The van der Waals surface area contributed by atoms with Crippen molar-refractivity contribution in [1.29, 1.82) is 0 Å². The standard InChI is InChI=1S/C20H34O8/c1-5-9-13-25-19(23)17(27-15(21)11-7-3)18(28-16(22)12-8-4)20(24)26-14-10-6-2/h17-18H,5-14H2,1-4H3. The molecule has 0 aromatic rings. The summed E-state index contributed by atoms with van der Waals surface area (Å²) in [5, 5.41) is 0. The molecule has 0 saturated heterocycles. The lowest BCUT2D eigenvalue weighted by Gasteiger charge is -2.24. The Hall–Kier alpha value is -2.12. The number of hydrogen-bond acceptors (Lipinski definition) is 8. The minimum absolute atomic E-state index is 0.0548. The largest absolute Gasteiger partial charge is 0.463 e. The molecular weight excluding hydrogens is 368 g/mol. The highest BCUT2D eigenvalue weighted by Crippen LogP contribution is 2.14. The highest BCUT2D eigenvalue weighted by Gasteiger charge is 2.42. The average molecular weight is 402 g/mol. The quantitative estimate of drug-likeness (QED) is 0.234. The van der Waals surface area contributed by atoms with Crippen molar-refractivity contribution < 1.29 is 38.1 Å². The Bertz CT molecular complexity index is 445. The molecule has 0 aromatic carbocycles. The van der Waals surface area contributed by atoms with Crippen molar-refractivity contribution in [2.24, 2.45) is 0 Å². The first-order valence-electron chi connectivity index (χ1n) is 10.1. The van der Waals surface area contributed by atoms with Crippen LogP contribution in [0.1, 0.15) is 79.1 Å². The molecule has 162 valence electrons. The van der Waals surface area contributed by atoms with Crippen LogP contribution in [0.2, 0.25) is 0 Å². The molecule has 8 heteroatoms. The van der Waals surface area contributed by atoms with Gasteiger partial charge in [-0.3, -0.25) is 9.59 Å². The molecule has 0 aliphatic rings. The van der Waals surface area contributed by atoms with Gasteiger partial charge in [0.25, 0.3) is 0 Å². The zero-order valence-electron chi connectivity index (χ0n) is 17.5. The molecule has 0 bridgehead atoms. The minimum Gasteiger partial charge on any atom is -0.463 e. The maximum absolute atomic E-state index is 12.5. The van der Waals surface area contributed by atoms with E-state index in [1.807, 2.05) is 13.8 Å². The van der Waals surface area contributed by atoms with Crippen LogP contribution in [-0.4, -0.2) is 49.3 Å². The fourth-order valence-electron chi connectivity index (χ4n) is 2.07. The van der Waals surface area contributed by atoms with E-state index >= 15 is 0 Å². The lowest BCUT2D eigenvalue weighted by Crippen LogP contribution is -2.47. The monoisotopic (exact) mass is 402 g/mol. The second-order valence-electron chi connectivity index (χ2n) is 6.36. The normalized spacial score (nSPS) is 12.6. The number of carbonyl (C=O) groups is 4. The highest BCUT2D eigenvalue weighted by atomic mass is 16.6.